The van der Waals surface area contributed by atoms with Gasteiger partial charge in [-0.05, 0) is 5.56 Å². The lowest BCUT2D eigenvalue weighted by Crippen LogP contribution is -2.14. The van der Waals surface area contributed by atoms with Crippen molar-refractivity contribution in [2.24, 2.45) is 5.73 Å². The fourth-order valence-corrected chi connectivity index (χ4v) is 0.929. The fourth-order valence-electron chi connectivity index (χ4n) is 0.929. The predicted molar refractivity (Wildman–Crippen MR) is 48.5 cm³/mol. The zero-order chi connectivity index (χ0) is 8.97. The molecule has 0 spiro atoms. The second-order valence-electron chi connectivity index (χ2n) is 2.63. The fraction of sp³-hybridized carbons (Fsp3) is 0.100. The van der Waals surface area contributed by atoms with E-state index in [2.05, 4.69) is 6.58 Å². The number of hydrogen-bond donors (Lipinski definition) is 1. The molecule has 0 atom stereocenters. The van der Waals surface area contributed by atoms with Gasteiger partial charge in [-0.2, -0.15) is 0 Å². The van der Waals surface area contributed by atoms with Crippen molar-refractivity contribution in [2.45, 2.75) is 6.42 Å². The van der Waals surface area contributed by atoms with Gasteiger partial charge in [-0.25, -0.2) is 0 Å². The molecule has 62 valence electrons. The Balaban J connectivity index is 2.65. The average Bonchev–Trinajstić information content (AvgIpc) is 2.06. The van der Waals surface area contributed by atoms with E-state index >= 15 is 0 Å². The van der Waals surface area contributed by atoms with Crippen LogP contribution >= 0.6 is 0 Å². The van der Waals surface area contributed by atoms with Crippen LogP contribution in [-0.2, 0) is 11.2 Å². The highest BCUT2D eigenvalue weighted by Crippen LogP contribution is 2.04. The third kappa shape index (κ3) is 2.23. The molecule has 1 rings (SSSR count). The summed E-state index contributed by atoms with van der Waals surface area (Å²) in [6.45, 7) is 3.57. The maximum Gasteiger partial charge on any atom is 0.244 e. The van der Waals surface area contributed by atoms with Crippen LogP contribution in [0.2, 0.25) is 0 Å². The van der Waals surface area contributed by atoms with Gasteiger partial charge >= 0.3 is 0 Å². The third-order valence-electron chi connectivity index (χ3n) is 1.61. The summed E-state index contributed by atoms with van der Waals surface area (Å²) in [4.78, 5) is 10.6. The monoisotopic (exact) mass is 161 g/mol. The van der Waals surface area contributed by atoms with Crippen LogP contribution in [0.15, 0.2) is 42.5 Å². The lowest BCUT2D eigenvalue weighted by atomic mass is 10.1. The van der Waals surface area contributed by atoms with E-state index in [9.17, 15) is 4.79 Å². The van der Waals surface area contributed by atoms with Crippen LogP contribution in [0.5, 0.6) is 0 Å². The molecule has 0 heterocycles. The molecule has 12 heavy (non-hydrogen) atoms. The molecule has 1 amide bonds. The van der Waals surface area contributed by atoms with Crippen molar-refractivity contribution in [3.63, 3.8) is 0 Å². The van der Waals surface area contributed by atoms with E-state index in [1.807, 2.05) is 30.3 Å². The summed E-state index contributed by atoms with van der Waals surface area (Å²) in [5.74, 6) is -0.432. The highest BCUT2D eigenvalue weighted by atomic mass is 16.1. The summed E-state index contributed by atoms with van der Waals surface area (Å²) in [5.41, 5.74) is 6.55. The first-order valence-electron chi connectivity index (χ1n) is 3.71. The van der Waals surface area contributed by atoms with Gasteiger partial charge in [-0.15, -0.1) is 0 Å². The van der Waals surface area contributed by atoms with Gasteiger partial charge in [-0.3, -0.25) is 4.79 Å². The van der Waals surface area contributed by atoms with Crippen molar-refractivity contribution in [1.29, 1.82) is 0 Å². The molecule has 0 aliphatic heterocycles. The van der Waals surface area contributed by atoms with E-state index < -0.39 is 5.91 Å². The number of amides is 1. The zero-order valence-electron chi connectivity index (χ0n) is 6.79. The van der Waals surface area contributed by atoms with E-state index in [1.54, 1.807) is 0 Å². The molecule has 0 saturated heterocycles. The Morgan fingerprint density at radius 1 is 1.33 bits per heavy atom. The van der Waals surface area contributed by atoms with Gasteiger partial charge in [0.15, 0.2) is 0 Å². The number of benzene rings is 1. The molecule has 0 unspecified atom stereocenters. The second-order valence-corrected chi connectivity index (χ2v) is 2.63. The van der Waals surface area contributed by atoms with Crippen molar-refractivity contribution < 1.29 is 4.79 Å². The van der Waals surface area contributed by atoms with Gasteiger partial charge in [-0.1, -0.05) is 36.9 Å². The largest absolute Gasteiger partial charge is 0.366 e. The first kappa shape index (κ1) is 8.53. The van der Waals surface area contributed by atoms with E-state index in [0.717, 1.165) is 5.56 Å². The smallest absolute Gasteiger partial charge is 0.244 e. The Kier molecular flexibility index (Phi) is 2.64. The number of carbonyl (C=O) groups is 1. The van der Waals surface area contributed by atoms with Crippen LogP contribution in [-0.4, -0.2) is 5.91 Å². The van der Waals surface area contributed by atoms with Gasteiger partial charge in [0, 0.05) is 12.0 Å². The van der Waals surface area contributed by atoms with Crippen LogP contribution in [0, 0.1) is 0 Å². The first-order chi connectivity index (χ1) is 5.70. The normalized spacial score (nSPS) is 9.33. The highest BCUT2D eigenvalue weighted by Gasteiger charge is 2.01. The zero-order valence-corrected chi connectivity index (χ0v) is 6.79. The van der Waals surface area contributed by atoms with Gasteiger partial charge in [0.2, 0.25) is 5.91 Å². The minimum absolute atomic E-state index is 0.432. The minimum atomic E-state index is -0.432. The Labute approximate surface area is 71.7 Å². The number of hydrogen-bond acceptors (Lipinski definition) is 1. The highest BCUT2D eigenvalue weighted by molar-refractivity contribution is 5.91. The van der Waals surface area contributed by atoms with Crippen molar-refractivity contribution in [3.05, 3.63) is 48.0 Å². The SMILES string of the molecule is C=C(Cc1ccccc1)C(N)=O. The summed E-state index contributed by atoms with van der Waals surface area (Å²) >= 11 is 0. The summed E-state index contributed by atoms with van der Waals surface area (Å²) in [6, 6.07) is 9.64. The average molecular weight is 161 g/mol. The molecule has 2 heteroatoms. The van der Waals surface area contributed by atoms with E-state index in [4.69, 9.17) is 5.73 Å². The quantitative estimate of drug-likeness (QED) is 0.666. The molecule has 2 nitrogen and oxygen atoms in total. The molecule has 0 radical (unpaired) electrons. The van der Waals surface area contributed by atoms with Crippen LogP contribution in [0.25, 0.3) is 0 Å². The van der Waals surface area contributed by atoms with Crippen molar-refractivity contribution in [3.8, 4) is 0 Å². The molecule has 0 bridgehead atoms. The maximum absolute atomic E-state index is 10.6. The molecule has 0 saturated carbocycles. The topological polar surface area (TPSA) is 43.1 Å². The molecule has 0 fully saturated rings. The molecular weight excluding hydrogens is 150 g/mol. The summed E-state index contributed by atoms with van der Waals surface area (Å²) in [5, 5.41) is 0. The van der Waals surface area contributed by atoms with Crippen molar-refractivity contribution in [2.75, 3.05) is 0 Å². The summed E-state index contributed by atoms with van der Waals surface area (Å²) in [7, 11) is 0. The Morgan fingerprint density at radius 2 is 1.92 bits per heavy atom. The Hall–Kier alpha value is -1.57. The van der Waals surface area contributed by atoms with Crippen LogP contribution in [0.4, 0.5) is 0 Å². The molecule has 0 aromatic heterocycles. The van der Waals surface area contributed by atoms with Gasteiger partial charge in [0.25, 0.3) is 0 Å². The molecular formula is C10H11NO. The van der Waals surface area contributed by atoms with Gasteiger partial charge < -0.3 is 5.73 Å². The van der Waals surface area contributed by atoms with E-state index in [-0.39, 0.29) is 0 Å². The predicted octanol–water partition coefficient (Wildman–Crippen LogP) is 1.27. The Morgan fingerprint density at radius 3 is 2.42 bits per heavy atom. The second kappa shape index (κ2) is 3.72. The minimum Gasteiger partial charge on any atom is -0.366 e. The molecule has 0 aliphatic carbocycles. The van der Waals surface area contributed by atoms with Crippen molar-refractivity contribution in [1.82, 2.24) is 0 Å². The Bertz CT molecular complexity index is 290. The number of carbonyl (C=O) groups excluding carboxylic acids is 1. The van der Waals surface area contributed by atoms with Crippen LogP contribution < -0.4 is 5.73 Å². The van der Waals surface area contributed by atoms with Crippen LogP contribution in [0.1, 0.15) is 5.56 Å². The summed E-state index contributed by atoms with van der Waals surface area (Å²) in [6.07, 6.45) is 0.538. The lowest BCUT2D eigenvalue weighted by molar-refractivity contribution is -0.114. The number of nitrogens with two attached hydrogens (primary N) is 1. The third-order valence-corrected chi connectivity index (χ3v) is 1.61. The standard InChI is InChI=1S/C10H11NO/c1-8(10(11)12)7-9-5-3-2-4-6-9/h2-6H,1,7H2,(H2,11,12). The summed E-state index contributed by atoms with van der Waals surface area (Å²) < 4.78 is 0. The number of primary amides is 1. The molecule has 0 aliphatic rings. The molecule has 1 aromatic carbocycles. The molecule has 1 aromatic rings. The first-order valence-corrected chi connectivity index (χ1v) is 3.71. The maximum atomic E-state index is 10.6. The van der Waals surface area contributed by atoms with Crippen molar-refractivity contribution >= 4 is 5.91 Å². The lowest BCUT2D eigenvalue weighted by Gasteiger charge is -2.00. The van der Waals surface area contributed by atoms with Crippen LogP contribution in [0.3, 0.4) is 0 Å². The van der Waals surface area contributed by atoms with Gasteiger partial charge in [0.05, 0.1) is 0 Å². The van der Waals surface area contributed by atoms with Gasteiger partial charge in [0.1, 0.15) is 0 Å². The molecule has 2 N–H and O–H groups in total. The number of rotatable bonds is 3. The van der Waals surface area contributed by atoms with E-state index in [1.165, 1.54) is 0 Å². The van der Waals surface area contributed by atoms with E-state index in [0.29, 0.717) is 12.0 Å².